The summed E-state index contributed by atoms with van der Waals surface area (Å²) in [6.07, 6.45) is 1.68. The van der Waals surface area contributed by atoms with Crippen LogP contribution in [0.2, 0.25) is 0 Å². The minimum absolute atomic E-state index is 0.137. The lowest BCUT2D eigenvalue weighted by Crippen LogP contribution is -2.54. The Morgan fingerprint density at radius 1 is 1.00 bits per heavy atom. The lowest BCUT2D eigenvalue weighted by atomic mass is 10.0. The molecule has 5 amide bonds. The number of carbonyl (C=O) groups is 5. The van der Waals surface area contributed by atoms with Crippen molar-refractivity contribution in [2.45, 2.75) is 72.1 Å². The summed E-state index contributed by atoms with van der Waals surface area (Å²) in [6, 6.07) is 4.39. The van der Waals surface area contributed by atoms with Gasteiger partial charge >= 0.3 is 12.0 Å². The third-order valence-corrected chi connectivity index (χ3v) is 4.99. The number of nitrogens with one attached hydrogen (secondary N) is 4. The van der Waals surface area contributed by atoms with Crippen molar-refractivity contribution in [2.75, 3.05) is 11.9 Å². The Morgan fingerprint density at radius 3 is 2.20 bits per heavy atom. The predicted octanol–water partition coefficient (Wildman–Crippen LogP) is 1.56. The summed E-state index contributed by atoms with van der Waals surface area (Å²) >= 11 is 0. The molecule has 0 aliphatic heterocycles. The monoisotopic (exact) mass is 491 g/mol. The van der Waals surface area contributed by atoms with E-state index in [-0.39, 0.29) is 37.4 Å². The number of urea groups is 1. The van der Waals surface area contributed by atoms with E-state index in [2.05, 4.69) is 21.3 Å². The standard InChI is InChI=1S/C24H37N5O6/c1-5-7-20(31)35-14-17-9-11-18(12-10-17)28-22(32)19(8-6-13-26-24(25)34)29-23(33)21(15(2)3)27-16(4)30/h9-12,15,19,21H,5-8,13-14H2,1-4H3,(H,27,30)(H,28,32)(H,29,33)(H3,25,26,34)/t19-,21-/m0/s1. The largest absolute Gasteiger partial charge is 0.461 e. The number of anilines is 1. The van der Waals surface area contributed by atoms with Crippen LogP contribution in [0.1, 0.15) is 58.9 Å². The van der Waals surface area contributed by atoms with Crippen molar-refractivity contribution < 1.29 is 28.7 Å². The third-order valence-electron chi connectivity index (χ3n) is 4.99. The van der Waals surface area contributed by atoms with Gasteiger partial charge in [0.1, 0.15) is 18.7 Å². The van der Waals surface area contributed by atoms with Gasteiger partial charge in [0.15, 0.2) is 0 Å². The topological polar surface area (TPSA) is 169 Å². The first-order valence-electron chi connectivity index (χ1n) is 11.7. The second kappa shape index (κ2) is 15.3. The highest BCUT2D eigenvalue weighted by atomic mass is 16.5. The molecule has 2 atom stereocenters. The van der Waals surface area contributed by atoms with Gasteiger partial charge in [-0.25, -0.2) is 4.79 Å². The van der Waals surface area contributed by atoms with Crippen LogP contribution in [0, 0.1) is 5.92 Å². The number of benzene rings is 1. The number of primary amides is 1. The van der Waals surface area contributed by atoms with Crippen molar-refractivity contribution in [1.82, 2.24) is 16.0 Å². The van der Waals surface area contributed by atoms with Crippen LogP contribution >= 0.6 is 0 Å². The van der Waals surface area contributed by atoms with E-state index in [1.54, 1.807) is 38.1 Å². The lowest BCUT2D eigenvalue weighted by Gasteiger charge is -2.25. The van der Waals surface area contributed by atoms with Crippen LogP contribution in [-0.2, 0) is 30.5 Å². The van der Waals surface area contributed by atoms with Gasteiger partial charge in [-0.2, -0.15) is 0 Å². The maximum absolute atomic E-state index is 13.0. The minimum atomic E-state index is -0.915. The number of nitrogens with two attached hydrogens (primary N) is 1. The summed E-state index contributed by atoms with van der Waals surface area (Å²) in [4.78, 5) is 59.7. The molecule has 0 fully saturated rings. The molecule has 0 aromatic heterocycles. The Balaban J connectivity index is 2.84. The maximum Gasteiger partial charge on any atom is 0.312 e. The van der Waals surface area contributed by atoms with Crippen LogP contribution in [0.4, 0.5) is 10.5 Å². The third kappa shape index (κ3) is 11.9. The first kappa shape index (κ1) is 29.4. The zero-order valence-corrected chi connectivity index (χ0v) is 20.8. The Bertz CT molecular complexity index is 872. The molecule has 11 heteroatoms. The second-order valence-electron chi connectivity index (χ2n) is 8.51. The van der Waals surface area contributed by atoms with Gasteiger partial charge < -0.3 is 31.7 Å². The molecule has 0 aliphatic rings. The summed E-state index contributed by atoms with van der Waals surface area (Å²) in [5.74, 6) is -1.76. The fourth-order valence-electron chi connectivity index (χ4n) is 3.16. The lowest BCUT2D eigenvalue weighted by molar-refractivity contribution is -0.145. The van der Waals surface area contributed by atoms with Crippen LogP contribution in [-0.4, -0.2) is 48.4 Å². The molecule has 0 radical (unpaired) electrons. The van der Waals surface area contributed by atoms with Crippen molar-refractivity contribution in [3.8, 4) is 0 Å². The first-order chi connectivity index (χ1) is 16.5. The van der Waals surface area contributed by atoms with Gasteiger partial charge in [-0.15, -0.1) is 0 Å². The average Bonchev–Trinajstić information content (AvgIpc) is 2.78. The summed E-state index contributed by atoms with van der Waals surface area (Å²) in [6.45, 7) is 7.15. The molecular weight excluding hydrogens is 454 g/mol. The van der Waals surface area contributed by atoms with E-state index in [0.29, 0.717) is 24.9 Å². The molecule has 1 aromatic carbocycles. The van der Waals surface area contributed by atoms with Gasteiger partial charge in [0, 0.05) is 25.6 Å². The fraction of sp³-hybridized carbons (Fsp3) is 0.542. The van der Waals surface area contributed by atoms with Gasteiger partial charge in [0.05, 0.1) is 0 Å². The number of hydrogen-bond donors (Lipinski definition) is 5. The van der Waals surface area contributed by atoms with E-state index in [0.717, 1.165) is 5.56 Å². The van der Waals surface area contributed by atoms with Crippen molar-refractivity contribution in [1.29, 1.82) is 0 Å². The van der Waals surface area contributed by atoms with Crippen LogP contribution in [0.25, 0.3) is 0 Å². The predicted molar refractivity (Wildman–Crippen MR) is 131 cm³/mol. The first-order valence-corrected chi connectivity index (χ1v) is 11.7. The Morgan fingerprint density at radius 2 is 1.66 bits per heavy atom. The number of amides is 5. The van der Waals surface area contributed by atoms with Crippen molar-refractivity contribution in [3.63, 3.8) is 0 Å². The van der Waals surface area contributed by atoms with Crippen molar-refractivity contribution in [3.05, 3.63) is 29.8 Å². The summed E-state index contributed by atoms with van der Waals surface area (Å²) in [7, 11) is 0. The molecule has 0 aliphatic carbocycles. The van der Waals surface area contributed by atoms with Gasteiger partial charge in [0.2, 0.25) is 17.7 Å². The van der Waals surface area contributed by atoms with Gasteiger partial charge in [-0.1, -0.05) is 32.9 Å². The van der Waals surface area contributed by atoms with E-state index < -0.39 is 29.9 Å². The Kier molecular flexibility index (Phi) is 12.9. The maximum atomic E-state index is 13.0. The molecule has 0 saturated carbocycles. The summed E-state index contributed by atoms with van der Waals surface area (Å²) < 4.78 is 5.17. The zero-order chi connectivity index (χ0) is 26.4. The molecule has 11 nitrogen and oxygen atoms in total. The number of rotatable bonds is 14. The van der Waals surface area contributed by atoms with Crippen LogP contribution in [0.3, 0.4) is 0 Å². The molecule has 194 valence electrons. The van der Waals surface area contributed by atoms with Gasteiger partial charge in [-0.05, 0) is 42.9 Å². The van der Waals surface area contributed by atoms with E-state index in [1.165, 1.54) is 6.92 Å². The molecule has 35 heavy (non-hydrogen) atoms. The highest BCUT2D eigenvalue weighted by Gasteiger charge is 2.28. The minimum Gasteiger partial charge on any atom is -0.461 e. The molecule has 1 aromatic rings. The van der Waals surface area contributed by atoms with Crippen LogP contribution < -0.4 is 27.0 Å². The van der Waals surface area contributed by atoms with Crippen molar-refractivity contribution in [2.24, 2.45) is 11.7 Å². The fourth-order valence-corrected chi connectivity index (χ4v) is 3.16. The Labute approximate surface area is 205 Å². The molecule has 1 rings (SSSR count). The van der Waals surface area contributed by atoms with E-state index in [4.69, 9.17) is 10.5 Å². The SMILES string of the molecule is CCCC(=O)OCc1ccc(NC(=O)[C@H](CCCNC(N)=O)NC(=O)[C@@H](NC(C)=O)C(C)C)cc1. The zero-order valence-electron chi connectivity index (χ0n) is 20.8. The molecule has 0 saturated heterocycles. The van der Waals surface area contributed by atoms with Crippen LogP contribution in [0.5, 0.6) is 0 Å². The Hall–Kier alpha value is -3.63. The highest BCUT2D eigenvalue weighted by molar-refractivity contribution is 5.98. The van der Waals surface area contributed by atoms with Crippen LogP contribution in [0.15, 0.2) is 24.3 Å². The number of carbonyl (C=O) groups excluding carboxylic acids is 5. The molecule has 6 N–H and O–H groups in total. The molecule has 0 bridgehead atoms. The second-order valence-corrected chi connectivity index (χ2v) is 8.51. The smallest absolute Gasteiger partial charge is 0.312 e. The number of hydrogen-bond acceptors (Lipinski definition) is 6. The molecule has 0 unspecified atom stereocenters. The van der Waals surface area contributed by atoms with Crippen molar-refractivity contribution >= 4 is 35.4 Å². The molecule has 0 heterocycles. The highest BCUT2D eigenvalue weighted by Crippen LogP contribution is 2.13. The van der Waals surface area contributed by atoms with Gasteiger partial charge in [0.25, 0.3) is 0 Å². The van der Waals surface area contributed by atoms with E-state index in [9.17, 15) is 24.0 Å². The average molecular weight is 492 g/mol. The van der Waals surface area contributed by atoms with E-state index in [1.807, 2.05) is 6.92 Å². The normalized spacial score (nSPS) is 12.3. The van der Waals surface area contributed by atoms with E-state index >= 15 is 0 Å². The molecular formula is C24H37N5O6. The van der Waals surface area contributed by atoms with Gasteiger partial charge in [-0.3, -0.25) is 19.2 Å². The number of ether oxygens (including phenoxy) is 1. The quantitative estimate of drug-likeness (QED) is 0.195. The number of esters is 1. The molecule has 0 spiro atoms. The summed E-state index contributed by atoms with van der Waals surface area (Å²) in [5.41, 5.74) is 6.33. The summed E-state index contributed by atoms with van der Waals surface area (Å²) in [5, 5.41) is 10.5.